The Morgan fingerprint density at radius 2 is 1.96 bits per heavy atom. The second kappa shape index (κ2) is 8.42. The zero-order valence-electron chi connectivity index (χ0n) is 16.5. The van der Waals surface area contributed by atoms with E-state index in [4.69, 9.17) is 14.9 Å². The van der Waals surface area contributed by atoms with Crippen molar-refractivity contribution in [1.29, 1.82) is 0 Å². The van der Waals surface area contributed by atoms with E-state index in [1.807, 2.05) is 53.1 Å². The van der Waals surface area contributed by atoms with E-state index in [2.05, 4.69) is 25.1 Å². The molecule has 0 radical (unpaired) electrons. The lowest BCUT2D eigenvalue weighted by molar-refractivity contribution is 0.250. The molecule has 9 nitrogen and oxygen atoms in total. The molecule has 0 spiro atoms. The highest BCUT2D eigenvalue weighted by molar-refractivity contribution is 7.99. The number of benzene rings is 1. The summed E-state index contributed by atoms with van der Waals surface area (Å²) in [6.45, 7) is 6.16. The van der Waals surface area contributed by atoms with Gasteiger partial charge < -0.3 is 19.8 Å². The maximum atomic E-state index is 5.80. The average molecular weight is 401 g/mol. The van der Waals surface area contributed by atoms with Crippen molar-refractivity contribution < 1.29 is 9.15 Å². The number of rotatable bonds is 7. The molecule has 2 N–H and O–H groups in total. The molecule has 2 heterocycles. The van der Waals surface area contributed by atoms with Crippen LogP contribution in [0, 0.1) is 13.8 Å². The van der Waals surface area contributed by atoms with Crippen LogP contribution in [0.5, 0.6) is 5.75 Å². The van der Waals surface area contributed by atoms with Gasteiger partial charge in [0.05, 0.1) is 5.25 Å². The molecule has 0 aliphatic heterocycles. The van der Waals surface area contributed by atoms with Crippen LogP contribution in [0.25, 0.3) is 0 Å². The Morgan fingerprint density at radius 1 is 1.18 bits per heavy atom. The third kappa shape index (κ3) is 4.89. The Bertz CT molecular complexity index is 961. The van der Waals surface area contributed by atoms with Crippen LogP contribution in [-0.4, -0.2) is 39.2 Å². The Morgan fingerprint density at radius 3 is 2.71 bits per heavy atom. The van der Waals surface area contributed by atoms with Crippen molar-refractivity contribution in [3.05, 3.63) is 41.0 Å². The first-order chi connectivity index (χ1) is 13.3. The van der Waals surface area contributed by atoms with Gasteiger partial charge in [0.25, 0.3) is 11.1 Å². The fourth-order valence-electron chi connectivity index (χ4n) is 2.33. The molecule has 10 heteroatoms. The SMILES string of the molecule is Cc1ccc(C)c(OCc2nnc(SC(C)c3nc(N)nc(N(C)C)n3)o2)c1. The van der Waals surface area contributed by atoms with Crippen molar-refractivity contribution in [1.82, 2.24) is 25.1 Å². The summed E-state index contributed by atoms with van der Waals surface area (Å²) in [4.78, 5) is 14.5. The largest absolute Gasteiger partial charge is 0.484 e. The van der Waals surface area contributed by atoms with E-state index in [1.54, 1.807) is 4.90 Å². The van der Waals surface area contributed by atoms with Gasteiger partial charge in [-0.05, 0) is 38.0 Å². The lowest BCUT2D eigenvalue weighted by Crippen LogP contribution is -2.16. The molecule has 1 unspecified atom stereocenters. The lowest BCUT2D eigenvalue weighted by Gasteiger charge is -2.13. The number of anilines is 2. The number of ether oxygens (including phenoxy) is 1. The monoisotopic (exact) mass is 401 g/mol. The summed E-state index contributed by atoms with van der Waals surface area (Å²) < 4.78 is 11.5. The van der Waals surface area contributed by atoms with E-state index >= 15 is 0 Å². The maximum absolute atomic E-state index is 5.80. The maximum Gasteiger partial charge on any atom is 0.277 e. The predicted octanol–water partition coefficient (Wildman–Crippen LogP) is 2.95. The average Bonchev–Trinajstić information content (AvgIpc) is 3.09. The zero-order valence-corrected chi connectivity index (χ0v) is 17.3. The summed E-state index contributed by atoms with van der Waals surface area (Å²) in [5, 5.41) is 8.39. The number of nitrogens with zero attached hydrogens (tertiary/aromatic N) is 6. The van der Waals surface area contributed by atoms with Crippen molar-refractivity contribution in [2.75, 3.05) is 24.7 Å². The van der Waals surface area contributed by atoms with Crippen molar-refractivity contribution in [3.8, 4) is 5.75 Å². The van der Waals surface area contributed by atoms with Gasteiger partial charge in [0, 0.05) is 14.1 Å². The van der Waals surface area contributed by atoms with Gasteiger partial charge in [-0.3, -0.25) is 0 Å². The van der Waals surface area contributed by atoms with Crippen molar-refractivity contribution >= 4 is 23.7 Å². The summed E-state index contributed by atoms with van der Waals surface area (Å²) in [6.07, 6.45) is 0. The topological polar surface area (TPSA) is 116 Å². The molecular formula is C18H23N7O2S. The van der Waals surface area contributed by atoms with Gasteiger partial charge in [0.1, 0.15) is 11.6 Å². The third-order valence-electron chi connectivity index (χ3n) is 3.84. The van der Waals surface area contributed by atoms with Gasteiger partial charge in [0.15, 0.2) is 6.61 Å². The first-order valence-corrected chi connectivity index (χ1v) is 9.57. The summed E-state index contributed by atoms with van der Waals surface area (Å²) in [5.74, 6) is 2.43. The summed E-state index contributed by atoms with van der Waals surface area (Å²) in [6, 6.07) is 6.04. The molecule has 0 aliphatic rings. The summed E-state index contributed by atoms with van der Waals surface area (Å²) >= 11 is 1.35. The van der Waals surface area contributed by atoms with Gasteiger partial charge in [-0.1, -0.05) is 23.9 Å². The minimum atomic E-state index is -0.141. The molecule has 2 aromatic heterocycles. The fraction of sp³-hybridized carbons (Fsp3) is 0.389. The Kier molecular flexibility index (Phi) is 5.98. The Balaban J connectivity index is 1.65. The number of hydrogen-bond donors (Lipinski definition) is 1. The molecule has 1 aromatic carbocycles. The molecule has 0 aliphatic carbocycles. The number of hydrogen-bond acceptors (Lipinski definition) is 10. The third-order valence-corrected chi connectivity index (χ3v) is 4.77. The Labute approximate surface area is 167 Å². The molecule has 28 heavy (non-hydrogen) atoms. The van der Waals surface area contributed by atoms with Crippen LogP contribution in [0.3, 0.4) is 0 Å². The van der Waals surface area contributed by atoms with Crippen molar-refractivity contribution in [3.63, 3.8) is 0 Å². The predicted molar refractivity (Wildman–Crippen MR) is 107 cm³/mol. The van der Waals surface area contributed by atoms with E-state index in [0.29, 0.717) is 22.9 Å². The van der Waals surface area contributed by atoms with Crippen LogP contribution >= 0.6 is 11.8 Å². The van der Waals surface area contributed by atoms with Crippen LogP contribution in [0.1, 0.15) is 35.0 Å². The van der Waals surface area contributed by atoms with Crippen LogP contribution in [0.2, 0.25) is 0 Å². The second-order valence-corrected chi connectivity index (χ2v) is 7.82. The van der Waals surface area contributed by atoms with Gasteiger partial charge in [-0.15, -0.1) is 10.2 Å². The normalized spacial score (nSPS) is 12.0. The van der Waals surface area contributed by atoms with E-state index in [0.717, 1.165) is 16.9 Å². The molecule has 0 saturated carbocycles. The lowest BCUT2D eigenvalue weighted by atomic mass is 10.1. The van der Waals surface area contributed by atoms with Gasteiger partial charge in [0.2, 0.25) is 11.9 Å². The first-order valence-electron chi connectivity index (χ1n) is 8.69. The number of aryl methyl sites for hydroxylation is 2. The molecule has 148 valence electrons. The van der Waals surface area contributed by atoms with Gasteiger partial charge in [-0.25, -0.2) is 0 Å². The Hall–Kier alpha value is -2.88. The van der Waals surface area contributed by atoms with E-state index < -0.39 is 0 Å². The van der Waals surface area contributed by atoms with Crippen LogP contribution in [0.15, 0.2) is 27.8 Å². The highest BCUT2D eigenvalue weighted by atomic mass is 32.2. The molecule has 0 amide bonds. The first kappa shape index (κ1) is 19.9. The second-order valence-electron chi connectivity index (χ2n) is 6.53. The molecule has 0 fully saturated rings. The van der Waals surface area contributed by atoms with Crippen LogP contribution in [-0.2, 0) is 6.61 Å². The van der Waals surface area contributed by atoms with Crippen molar-refractivity contribution in [2.45, 2.75) is 37.9 Å². The standard InChI is InChI=1S/C18H23N7O2S/c1-10-6-7-11(2)13(8-10)26-9-14-23-24-18(27-14)28-12(3)15-20-16(19)22-17(21-15)25(4)5/h6-8,12H,9H2,1-5H3,(H2,19,20,21,22). The van der Waals surface area contributed by atoms with Gasteiger partial charge >= 0.3 is 0 Å². The minimum Gasteiger partial charge on any atom is -0.484 e. The minimum absolute atomic E-state index is 0.141. The smallest absolute Gasteiger partial charge is 0.277 e. The van der Waals surface area contributed by atoms with Crippen LogP contribution in [0.4, 0.5) is 11.9 Å². The summed E-state index contributed by atoms with van der Waals surface area (Å²) in [5.41, 5.74) is 7.97. The van der Waals surface area contributed by atoms with E-state index in [1.165, 1.54) is 11.8 Å². The number of thioether (sulfide) groups is 1. The zero-order chi connectivity index (χ0) is 20.3. The number of nitrogens with two attached hydrogens (primary N) is 1. The number of aromatic nitrogens is 5. The van der Waals surface area contributed by atoms with Crippen LogP contribution < -0.4 is 15.4 Å². The highest BCUT2D eigenvalue weighted by Gasteiger charge is 2.18. The fourth-order valence-corrected chi connectivity index (χ4v) is 3.08. The van der Waals surface area contributed by atoms with Crippen molar-refractivity contribution in [2.24, 2.45) is 0 Å². The molecular weight excluding hydrogens is 378 g/mol. The highest BCUT2D eigenvalue weighted by Crippen LogP contribution is 2.33. The molecule has 3 aromatic rings. The summed E-state index contributed by atoms with van der Waals surface area (Å²) in [7, 11) is 3.69. The van der Waals surface area contributed by atoms with E-state index in [-0.39, 0.29) is 17.8 Å². The molecule has 0 saturated heterocycles. The number of nitrogen functional groups attached to an aromatic ring is 1. The molecule has 0 bridgehead atoms. The quantitative estimate of drug-likeness (QED) is 0.592. The van der Waals surface area contributed by atoms with Gasteiger partial charge in [-0.2, -0.15) is 15.0 Å². The molecule has 3 rings (SSSR count). The van der Waals surface area contributed by atoms with E-state index in [9.17, 15) is 0 Å². The molecule has 1 atom stereocenters.